The fraction of sp³-hybridized carbons (Fsp3) is 0.417. The lowest BCUT2D eigenvalue weighted by molar-refractivity contribution is 0.0157. The molecule has 1 fully saturated rings. The van der Waals surface area contributed by atoms with Crippen LogP contribution in [0.5, 0.6) is 0 Å². The zero-order chi connectivity index (χ0) is 26.5. The van der Waals surface area contributed by atoms with Gasteiger partial charge >= 0.3 is 12.2 Å². The molecule has 1 aliphatic rings. The number of amides is 2. The van der Waals surface area contributed by atoms with Crippen molar-refractivity contribution in [2.75, 3.05) is 13.2 Å². The molecule has 0 aromatic heterocycles. The molecule has 0 saturated carbocycles. The van der Waals surface area contributed by atoms with Crippen LogP contribution >= 0.6 is 31.9 Å². The van der Waals surface area contributed by atoms with Crippen molar-refractivity contribution in [1.29, 1.82) is 0 Å². The molecule has 1 saturated heterocycles. The van der Waals surface area contributed by atoms with Crippen LogP contribution in [-0.2, 0) is 26.0 Å². The van der Waals surface area contributed by atoms with E-state index < -0.39 is 39.9 Å². The first-order valence-corrected chi connectivity index (χ1v) is 14.3. The highest BCUT2D eigenvalue weighted by Gasteiger charge is 2.40. The van der Waals surface area contributed by atoms with E-state index in [2.05, 4.69) is 41.9 Å². The summed E-state index contributed by atoms with van der Waals surface area (Å²) in [6.07, 6.45) is -0.994. The number of ether oxygens (including phenoxy) is 2. The van der Waals surface area contributed by atoms with E-state index in [9.17, 15) is 18.0 Å². The Morgan fingerprint density at radius 2 is 1.81 bits per heavy atom. The van der Waals surface area contributed by atoms with Crippen LogP contribution in [0.15, 0.2) is 62.4 Å². The molecule has 2 aromatic carbocycles. The van der Waals surface area contributed by atoms with Crippen LogP contribution in [0.4, 0.5) is 9.59 Å². The molecule has 3 rings (SSSR count). The van der Waals surface area contributed by atoms with Gasteiger partial charge in [0.25, 0.3) is 0 Å². The Hall–Kier alpha value is -2.15. The third-order valence-electron chi connectivity index (χ3n) is 5.23. The fourth-order valence-electron chi connectivity index (χ4n) is 3.66. The van der Waals surface area contributed by atoms with Gasteiger partial charge in [0, 0.05) is 28.1 Å². The Balaban J connectivity index is 1.68. The summed E-state index contributed by atoms with van der Waals surface area (Å²) in [5, 5.41) is 2.67. The van der Waals surface area contributed by atoms with Crippen LogP contribution in [0, 0.1) is 0 Å². The van der Waals surface area contributed by atoms with Gasteiger partial charge in [0.2, 0.25) is 10.0 Å². The Bertz CT molecular complexity index is 1190. The predicted molar refractivity (Wildman–Crippen MR) is 142 cm³/mol. The van der Waals surface area contributed by atoms with Gasteiger partial charge in [-0.1, -0.05) is 46.3 Å². The maximum Gasteiger partial charge on any atom is 0.410 e. The van der Waals surface area contributed by atoms with E-state index >= 15 is 0 Å². The number of sulfonamides is 1. The smallest absolute Gasteiger partial charge is 0.410 e. The largest absolute Gasteiger partial charge is 0.447 e. The zero-order valence-electron chi connectivity index (χ0n) is 20.2. The van der Waals surface area contributed by atoms with Crippen molar-refractivity contribution in [1.82, 2.24) is 14.9 Å². The maximum absolute atomic E-state index is 13.1. The zero-order valence-corrected chi connectivity index (χ0v) is 24.2. The molecular weight excluding hydrogens is 618 g/mol. The van der Waals surface area contributed by atoms with Crippen molar-refractivity contribution in [3.63, 3.8) is 0 Å². The molecular formula is C24H29Br2N3O6S. The topological polar surface area (TPSA) is 114 Å². The van der Waals surface area contributed by atoms with Crippen molar-refractivity contribution < 1.29 is 27.5 Å². The molecule has 0 bridgehead atoms. The Labute approximate surface area is 228 Å². The van der Waals surface area contributed by atoms with E-state index in [1.165, 1.54) is 11.0 Å². The number of rotatable bonds is 7. The van der Waals surface area contributed by atoms with Gasteiger partial charge < -0.3 is 19.7 Å². The molecule has 36 heavy (non-hydrogen) atoms. The van der Waals surface area contributed by atoms with Crippen molar-refractivity contribution in [2.24, 2.45) is 0 Å². The predicted octanol–water partition coefficient (Wildman–Crippen LogP) is 4.79. The summed E-state index contributed by atoms with van der Waals surface area (Å²) in [5.41, 5.74) is 0.174. The minimum Gasteiger partial charge on any atom is -0.447 e. The second-order valence-corrected chi connectivity index (χ2v) is 12.8. The second kappa shape index (κ2) is 11.9. The van der Waals surface area contributed by atoms with Gasteiger partial charge in [-0.2, -0.15) is 0 Å². The van der Waals surface area contributed by atoms with Crippen molar-refractivity contribution in [2.45, 2.75) is 56.3 Å². The fourth-order valence-corrected chi connectivity index (χ4v) is 6.41. The summed E-state index contributed by atoms with van der Waals surface area (Å²) in [4.78, 5) is 26.6. The lowest BCUT2D eigenvalue weighted by atomic mass is 10.2. The standard InChI is InChI=1S/C24H29Br2N3O6S/c1-24(2,3)35-23(31)29-14-18(28-36(32,33)21-11-17(25)9-10-20(21)26)12-19(29)15-34-22(30)27-13-16-7-5-4-6-8-16/h4-11,18-19,28H,12-15H2,1-3H3,(H,27,30)/t18-,19-/m1/s1. The monoisotopic (exact) mass is 645 g/mol. The van der Waals surface area contributed by atoms with Gasteiger partial charge in [-0.25, -0.2) is 22.7 Å². The first kappa shape index (κ1) is 28.4. The van der Waals surface area contributed by atoms with Gasteiger partial charge in [-0.05, 0) is 66.9 Å². The Morgan fingerprint density at radius 3 is 2.47 bits per heavy atom. The number of halogens is 2. The van der Waals surface area contributed by atoms with E-state index in [0.29, 0.717) is 15.5 Å². The number of nitrogens with zero attached hydrogens (tertiary/aromatic N) is 1. The second-order valence-electron chi connectivity index (χ2n) is 9.35. The van der Waals surface area contributed by atoms with Crippen molar-refractivity contribution in [3.05, 3.63) is 63.0 Å². The number of hydrogen-bond donors (Lipinski definition) is 2. The van der Waals surface area contributed by atoms with Crippen LogP contribution in [-0.4, -0.2) is 56.3 Å². The maximum atomic E-state index is 13.1. The van der Waals surface area contributed by atoms with Crippen LogP contribution in [0.1, 0.15) is 32.8 Å². The average Bonchev–Trinajstić information content (AvgIpc) is 3.19. The summed E-state index contributed by atoms with van der Waals surface area (Å²) in [6, 6.07) is 13.0. The SMILES string of the molecule is CC(C)(C)OC(=O)N1C[C@H](NS(=O)(=O)c2cc(Br)ccc2Br)C[C@@H]1COC(=O)NCc1ccccc1. The number of carbonyl (C=O) groups excluding carboxylic acids is 2. The highest BCUT2D eigenvalue weighted by Crippen LogP contribution is 2.28. The van der Waals surface area contributed by atoms with Crippen LogP contribution in [0.2, 0.25) is 0 Å². The van der Waals surface area contributed by atoms with Gasteiger partial charge in [0.1, 0.15) is 12.2 Å². The lowest BCUT2D eigenvalue weighted by Crippen LogP contribution is -2.43. The van der Waals surface area contributed by atoms with E-state index in [0.717, 1.165) is 5.56 Å². The molecule has 2 N–H and O–H groups in total. The third-order valence-corrected chi connectivity index (χ3v) is 8.24. The van der Waals surface area contributed by atoms with Crippen LogP contribution in [0.3, 0.4) is 0 Å². The van der Waals surface area contributed by atoms with E-state index in [1.807, 2.05) is 30.3 Å². The normalized spacial score (nSPS) is 18.1. The molecule has 0 aliphatic carbocycles. The molecule has 9 nitrogen and oxygen atoms in total. The molecule has 2 atom stereocenters. The number of likely N-dealkylation sites (tertiary alicyclic amines) is 1. The Morgan fingerprint density at radius 1 is 1.11 bits per heavy atom. The highest BCUT2D eigenvalue weighted by atomic mass is 79.9. The number of hydrogen-bond acceptors (Lipinski definition) is 6. The van der Waals surface area contributed by atoms with Gasteiger partial charge in [0.05, 0.1) is 10.9 Å². The Kier molecular flexibility index (Phi) is 9.42. The van der Waals surface area contributed by atoms with Crippen LogP contribution in [0.25, 0.3) is 0 Å². The number of carbonyl (C=O) groups is 2. The quantitative estimate of drug-likeness (QED) is 0.447. The summed E-state index contributed by atoms with van der Waals surface area (Å²) < 4.78 is 40.7. The molecule has 2 amide bonds. The molecule has 0 spiro atoms. The highest BCUT2D eigenvalue weighted by molar-refractivity contribution is 9.11. The molecule has 0 unspecified atom stereocenters. The molecule has 12 heteroatoms. The summed E-state index contributed by atoms with van der Waals surface area (Å²) in [6.45, 7) is 5.49. The molecule has 196 valence electrons. The van der Waals surface area contributed by atoms with Gasteiger partial charge in [-0.15, -0.1) is 0 Å². The minimum absolute atomic E-state index is 0.0689. The number of nitrogens with one attached hydrogen (secondary N) is 2. The van der Waals surface area contributed by atoms with Gasteiger partial charge in [-0.3, -0.25) is 0 Å². The van der Waals surface area contributed by atoms with Gasteiger partial charge in [0.15, 0.2) is 0 Å². The average molecular weight is 647 g/mol. The first-order valence-electron chi connectivity index (χ1n) is 11.3. The minimum atomic E-state index is -3.90. The molecule has 0 radical (unpaired) electrons. The number of benzene rings is 2. The van der Waals surface area contributed by atoms with Crippen LogP contribution < -0.4 is 10.0 Å². The molecule has 2 aromatic rings. The van der Waals surface area contributed by atoms with E-state index in [-0.39, 0.29) is 24.5 Å². The molecule has 1 aliphatic heterocycles. The third kappa shape index (κ3) is 8.19. The summed E-state index contributed by atoms with van der Waals surface area (Å²) in [5.74, 6) is 0. The summed E-state index contributed by atoms with van der Waals surface area (Å²) in [7, 11) is -3.90. The van der Waals surface area contributed by atoms with E-state index in [4.69, 9.17) is 9.47 Å². The summed E-state index contributed by atoms with van der Waals surface area (Å²) >= 11 is 6.57. The van der Waals surface area contributed by atoms with E-state index in [1.54, 1.807) is 32.9 Å². The van der Waals surface area contributed by atoms with Crippen molar-refractivity contribution >= 4 is 54.1 Å². The molecule has 1 heterocycles. The first-order chi connectivity index (χ1) is 16.8. The van der Waals surface area contributed by atoms with Crippen molar-refractivity contribution in [3.8, 4) is 0 Å². The number of alkyl carbamates (subject to hydrolysis) is 1. The lowest BCUT2D eigenvalue weighted by Gasteiger charge is -2.28.